The predicted octanol–water partition coefficient (Wildman–Crippen LogP) is 0.485. The third-order valence-corrected chi connectivity index (χ3v) is 2.27. The van der Waals surface area contributed by atoms with Crippen LogP contribution in [0.4, 0.5) is 0 Å². The van der Waals surface area contributed by atoms with Gasteiger partial charge < -0.3 is 9.73 Å². The van der Waals surface area contributed by atoms with Crippen molar-refractivity contribution in [2.75, 3.05) is 0 Å². The minimum Gasteiger partial charge on any atom is -0.457 e. The van der Waals surface area contributed by atoms with E-state index in [4.69, 9.17) is 4.42 Å². The fourth-order valence-electron chi connectivity index (χ4n) is 0.968. The molecule has 8 heteroatoms. The summed E-state index contributed by atoms with van der Waals surface area (Å²) >= 11 is 3.11. The number of carbonyl (C=O) groups excluding carboxylic acids is 1. The van der Waals surface area contributed by atoms with Gasteiger partial charge in [-0.05, 0) is 22.0 Å². The molecule has 2 heterocycles. The van der Waals surface area contributed by atoms with Crippen molar-refractivity contribution < 1.29 is 9.21 Å². The first kappa shape index (κ1) is 9.84. The number of H-pyrrole nitrogens is 1. The van der Waals surface area contributed by atoms with Crippen LogP contribution < -0.4 is 5.32 Å². The molecule has 1 amide bonds. The number of tetrazole rings is 1. The summed E-state index contributed by atoms with van der Waals surface area (Å²) in [6, 6.07) is 1.57. The predicted molar refractivity (Wildman–Crippen MR) is 51.8 cm³/mol. The Hall–Kier alpha value is -1.70. The van der Waals surface area contributed by atoms with Crippen LogP contribution in [0.15, 0.2) is 21.4 Å². The maximum Gasteiger partial charge on any atom is 0.256 e. The molecule has 0 atom stereocenters. The number of rotatable bonds is 3. The van der Waals surface area contributed by atoms with Crippen molar-refractivity contribution in [1.82, 2.24) is 25.9 Å². The average Bonchev–Trinajstić information content (AvgIpc) is 2.84. The maximum absolute atomic E-state index is 11.5. The molecule has 0 aliphatic rings. The second kappa shape index (κ2) is 4.22. The van der Waals surface area contributed by atoms with Crippen molar-refractivity contribution in [2.24, 2.45) is 0 Å². The molecule has 78 valence electrons. The quantitative estimate of drug-likeness (QED) is 0.847. The number of nitrogens with one attached hydrogen (secondary N) is 2. The van der Waals surface area contributed by atoms with Crippen LogP contribution in [-0.2, 0) is 6.54 Å². The molecule has 0 radical (unpaired) electrons. The number of halogens is 1. The van der Waals surface area contributed by atoms with Crippen LogP contribution in [0.1, 0.15) is 16.2 Å². The fourth-order valence-corrected chi connectivity index (χ4v) is 1.39. The normalized spacial score (nSPS) is 10.2. The molecular formula is C7H6BrN5O2. The Bertz CT molecular complexity index is 452. The fraction of sp³-hybridized carbons (Fsp3) is 0.143. The maximum atomic E-state index is 11.5. The minimum absolute atomic E-state index is 0.215. The highest BCUT2D eigenvalue weighted by Gasteiger charge is 2.12. The molecule has 2 rings (SSSR count). The summed E-state index contributed by atoms with van der Waals surface area (Å²) < 4.78 is 5.33. The van der Waals surface area contributed by atoms with Crippen molar-refractivity contribution in [3.63, 3.8) is 0 Å². The van der Waals surface area contributed by atoms with Gasteiger partial charge in [0.05, 0.1) is 18.4 Å². The van der Waals surface area contributed by atoms with E-state index in [-0.39, 0.29) is 12.5 Å². The lowest BCUT2D eigenvalue weighted by atomic mass is 10.3. The van der Waals surface area contributed by atoms with Gasteiger partial charge in [0.1, 0.15) is 0 Å². The van der Waals surface area contributed by atoms with Crippen LogP contribution in [0, 0.1) is 0 Å². The van der Waals surface area contributed by atoms with Crippen LogP contribution in [0.2, 0.25) is 0 Å². The van der Waals surface area contributed by atoms with Crippen LogP contribution in [0.25, 0.3) is 0 Å². The molecule has 0 bridgehead atoms. The van der Waals surface area contributed by atoms with E-state index in [1.165, 1.54) is 6.26 Å². The van der Waals surface area contributed by atoms with Gasteiger partial charge in [-0.25, -0.2) is 0 Å². The number of furan rings is 1. The summed E-state index contributed by atoms with van der Waals surface area (Å²) in [5.41, 5.74) is 0.429. The summed E-state index contributed by atoms with van der Waals surface area (Å²) in [6.07, 6.45) is 1.42. The van der Waals surface area contributed by atoms with Crippen LogP contribution in [-0.4, -0.2) is 26.5 Å². The zero-order chi connectivity index (χ0) is 10.7. The number of amides is 1. The molecule has 0 saturated carbocycles. The van der Waals surface area contributed by atoms with E-state index in [1.807, 2.05) is 0 Å². The van der Waals surface area contributed by atoms with Gasteiger partial charge in [0, 0.05) is 0 Å². The smallest absolute Gasteiger partial charge is 0.256 e. The number of hydrogen-bond donors (Lipinski definition) is 2. The summed E-state index contributed by atoms with van der Waals surface area (Å²) in [5.74, 6) is 0.156. The van der Waals surface area contributed by atoms with E-state index in [1.54, 1.807) is 6.07 Å². The molecule has 7 nitrogen and oxygen atoms in total. The number of hydrogen-bond acceptors (Lipinski definition) is 5. The number of aromatic nitrogens is 4. The second-order valence-electron chi connectivity index (χ2n) is 2.62. The van der Waals surface area contributed by atoms with Gasteiger partial charge in [-0.15, -0.1) is 10.2 Å². The van der Waals surface area contributed by atoms with Gasteiger partial charge in [-0.1, -0.05) is 5.21 Å². The van der Waals surface area contributed by atoms with Crippen LogP contribution >= 0.6 is 15.9 Å². The van der Waals surface area contributed by atoms with Crippen molar-refractivity contribution in [3.8, 4) is 0 Å². The van der Waals surface area contributed by atoms with Gasteiger partial charge in [0.25, 0.3) is 5.91 Å². The first-order chi connectivity index (χ1) is 7.27. The topological polar surface area (TPSA) is 96.7 Å². The Balaban J connectivity index is 1.96. The van der Waals surface area contributed by atoms with E-state index in [0.29, 0.717) is 16.1 Å². The van der Waals surface area contributed by atoms with Crippen LogP contribution in [0.5, 0.6) is 0 Å². The number of aromatic amines is 1. The lowest BCUT2D eigenvalue weighted by Gasteiger charge is -1.99. The largest absolute Gasteiger partial charge is 0.457 e. The zero-order valence-electron chi connectivity index (χ0n) is 7.40. The summed E-state index contributed by atoms with van der Waals surface area (Å²) in [7, 11) is 0. The third-order valence-electron chi connectivity index (χ3n) is 1.66. The van der Waals surface area contributed by atoms with Crippen molar-refractivity contribution in [2.45, 2.75) is 6.54 Å². The molecule has 2 N–H and O–H groups in total. The van der Waals surface area contributed by atoms with Gasteiger partial charge >= 0.3 is 0 Å². The summed E-state index contributed by atoms with van der Waals surface area (Å²) in [5, 5.41) is 15.7. The monoisotopic (exact) mass is 271 g/mol. The molecule has 2 aromatic heterocycles. The second-order valence-corrected chi connectivity index (χ2v) is 3.34. The Morgan fingerprint density at radius 1 is 1.67 bits per heavy atom. The molecule has 15 heavy (non-hydrogen) atoms. The molecule has 0 aliphatic carbocycles. The first-order valence-electron chi connectivity index (χ1n) is 4.01. The Morgan fingerprint density at radius 2 is 2.53 bits per heavy atom. The van der Waals surface area contributed by atoms with Gasteiger partial charge in [0.15, 0.2) is 10.5 Å². The van der Waals surface area contributed by atoms with Crippen molar-refractivity contribution >= 4 is 21.8 Å². The van der Waals surface area contributed by atoms with Crippen molar-refractivity contribution in [1.29, 1.82) is 0 Å². The van der Waals surface area contributed by atoms with E-state index in [9.17, 15) is 4.79 Å². The van der Waals surface area contributed by atoms with E-state index in [0.717, 1.165) is 0 Å². The van der Waals surface area contributed by atoms with Crippen molar-refractivity contribution in [3.05, 3.63) is 28.4 Å². The molecule has 0 fully saturated rings. The summed E-state index contributed by atoms with van der Waals surface area (Å²) in [6.45, 7) is 0.215. The Labute approximate surface area is 92.4 Å². The van der Waals surface area contributed by atoms with Crippen LogP contribution in [0.3, 0.4) is 0 Å². The SMILES string of the molecule is O=C(NCc1nn[nH]n1)c1ccoc1Br. The van der Waals surface area contributed by atoms with E-state index >= 15 is 0 Å². The molecule has 0 saturated heterocycles. The Morgan fingerprint density at radius 3 is 3.13 bits per heavy atom. The Kier molecular flexibility index (Phi) is 2.77. The molecular weight excluding hydrogens is 266 g/mol. The van der Waals surface area contributed by atoms with Gasteiger partial charge in [-0.3, -0.25) is 4.79 Å². The van der Waals surface area contributed by atoms with E-state index < -0.39 is 0 Å². The standard InChI is InChI=1S/C7H6BrN5O2/c8-6-4(1-2-15-6)7(14)9-3-5-10-12-13-11-5/h1-2H,3H2,(H,9,14)(H,10,11,12,13). The molecule has 0 aromatic carbocycles. The molecule has 0 unspecified atom stereocenters. The molecule has 2 aromatic rings. The average molecular weight is 272 g/mol. The number of carbonyl (C=O) groups is 1. The minimum atomic E-state index is -0.263. The van der Waals surface area contributed by atoms with E-state index in [2.05, 4.69) is 41.9 Å². The van der Waals surface area contributed by atoms with Gasteiger partial charge in [0.2, 0.25) is 0 Å². The lowest BCUT2D eigenvalue weighted by molar-refractivity contribution is 0.0948. The highest BCUT2D eigenvalue weighted by Crippen LogP contribution is 2.16. The molecule has 0 aliphatic heterocycles. The highest BCUT2D eigenvalue weighted by molar-refractivity contribution is 9.10. The molecule has 0 spiro atoms. The number of nitrogens with zero attached hydrogens (tertiary/aromatic N) is 3. The lowest BCUT2D eigenvalue weighted by Crippen LogP contribution is -2.23. The first-order valence-corrected chi connectivity index (χ1v) is 4.80. The highest BCUT2D eigenvalue weighted by atomic mass is 79.9. The summed E-state index contributed by atoms with van der Waals surface area (Å²) in [4.78, 5) is 11.5. The third kappa shape index (κ3) is 2.21. The zero-order valence-corrected chi connectivity index (χ0v) is 8.98. The van der Waals surface area contributed by atoms with Gasteiger partial charge in [-0.2, -0.15) is 5.21 Å².